The summed E-state index contributed by atoms with van der Waals surface area (Å²) in [4.78, 5) is 12.6. The van der Waals surface area contributed by atoms with Crippen LogP contribution in [0, 0.1) is 0 Å². The van der Waals surface area contributed by atoms with Crippen LogP contribution in [0.25, 0.3) is 0 Å². The average Bonchev–Trinajstić information content (AvgIpc) is 2.95. The van der Waals surface area contributed by atoms with Gasteiger partial charge >= 0.3 is 6.09 Å². The van der Waals surface area contributed by atoms with Crippen molar-refractivity contribution >= 4 is 22.7 Å². The molecule has 0 saturated carbocycles. The molecular formula is C27H55NO6Si2. The third-order valence-electron chi connectivity index (χ3n) is 7.49. The number of alkyl carbamates (subject to hydrolysis) is 1. The van der Waals surface area contributed by atoms with E-state index in [1.54, 1.807) is 6.08 Å². The zero-order valence-electron chi connectivity index (χ0n) is 25.8. The second-order valence-electron chi connectivity index (χ2n) is 14.5. The van der Waals surface area contributed by atoms with Crippen LogP contribution < -0.4 is 5.32 Å². The van der Waals surface area contributed by atoms with E-state index < -0.39 is 52.4 Å². The molecule has 1 heterocycles. The number of hydrogen-bond donors (Lipinski definition) is 1. The van der Waals surface area contributed by atoms with Crippen molar-refractivity contribution in [2.75, 3.05) is 6.61 Å². The van der Waals surface area contributed by atoms with Crippen LogP contribution in [0.15, 0.2) is 12.7 Å². The number of carbonyl (C=O) groups is 1. The van der Waals surface area contributed by atoms with Gasteiger partial charge in [-0.3, -0.25) is 0 Å². The lowest BCUT2D eigenvalue weighted by atomic mass is 10.0. The number of hydrogen-bond acceptors (Lipinski definition) is 6. The maximum Gasteiger partial charge on any atom is 0.408 e. The van der Waals surface area contributed by atoms with Gasteiger partial charge in [0, 0.05) is 0 Å². The van der Waals surface area contributed by atoms with Gasteiger partial charge in [0.2, 0.25) is 0 Å². The van der Waals surface area contributed by atoms with Crippen LogP contribution in [0.3, 0.4) is 0 Å². The van der Waals surface area contributed by atoms with Crippen molar-refractivity contribution < 1.29 is 27.9 Å². The zero-order chi connectivity index (χ0) is 28.5. The molecule has 1 N–H and O–H groups in total. The molecule has 9 heteroatoms. The van der Waals surface area contributed by atoms with Crippen molar-refractivity contribution in [2.45, 2.75) is 148 Å². The molecule has 0 spiro atoms. The molecule has 36 heavy (non-hydrogen) atoms. The first-order chi connectivity index (χ1) is 15.8. The van der Waals surface area contributed by atoms with E-state index in [0.29, 0.717) is 6.61 Å². The maximum absolute atomic E-state index is 12.6. The molecule has 1 fully saturated rings. The van der Waals surface area contributed by atoms with E-state index >= 15 is 0 Å². The third-order valence-corrected chi connectivity index (χ3v) is 16.5. The molecule has 1 aliphatic rings. The molecule has 0 aromatic carbocycles. The van der Waals surface area contributed by atoms with Crippen molar-refractivity contribution in [3.8, 4) is 0 Å². The fraction of sp³-hybridized carbons (Fsp3) is 0.889. The second kappa shape index (κ2) is 11.2. The first-order valence-corrected chi connectivity index (χ1v) is 18.9. The van der Waals surface area contributed by atoms with Crippen LogP contribution >= 0.6 is 0 Å². The highest BCUT2D eigenvalue weighted by Crippen LogP contribution is 2.42. The van der Waals surface area contributed by atoms with E-state index in [-0.39, 0.29) is 16.2 Å². The van der Waals surface area contributed by atoms with E-state index in [9.17, 15) is 4.79 Å². The highest BCUT2D eigenvalue weighted by molar-refractivity contribution is 6.74. The summed E-state index contributed by atoms with van der Waals surface area (Å²) in [7, 11) is -4.26. The predicted molar refractivity (Wildman–Crippen MR) is 152 cm³/mol. The Kier molecular flexibility index (Phi) is 10.3. The minimum Gasteiger partial charge on any atom is -0.444 e. The van der Waals surface area contributed by atoms with Crippen LogP contribution in [-0.2, 0) is 23.1 Å². The fourth-order valence-electron chi connectivity index (χ4n) is 3.36. The van der Waals surface area contributed by atoms with E-state index in [1.165, 1.54) is 0 Å². The van der Waals surface area contributed by atoms with Crippen LogP contribution in [0.1, 0.15) is 76.2 Å². The van der Waals surface area contributed by atoms with Crippen LogP contribution in [-0.4, -0.2) is 65.1 Å². The van der Waals surface area contributed by atoms with Gasteiger partial charge < -0.3 is 28.4 Å². The summed E-state index contributed by atoms with van der Waals surface area (Å²) in [6.07, 6.45) is -0.238. The van der Waals surface area contributed by atoms with E-state index in [1.807, 2.05) is 34.6 Å². The number of ether oxygens (including phenoxy) is 3. The molecular weight excluding hydrogens is 490 g/mol. The molecule has 212 valence electrons. The van der Waals surface area contributed by atoms with E-state index in [0.717, 1.165) is 0 Å². The van der Waals surface area contributed by atoms with Gasteiger partial charge in [-0.1, -0.05) is 47.6 Å². The van der Waals surface area contributed by atoms with Gasteiger partial charge in [0.15, 0.2) is 22.4 Å². The summed E-state index contributed by atoms with van der Waals surface area (Å²) in [5.41, 5.74) is -0.619. The Morgan fingerprint density at radius 1 is 0.944 bits per heavy atom. The van der Waals surface area contributed by atoms with Gasteiger partial charge in [-0.15, -0.1) is 6.58 Å². The summed E-state index contributed by atoms with van der Waals surface area (Å²) in [5.74, 6) is -0.863. The Morgan fingerprint density at radius 3 is 1.83 bits per heavy atom. The molecule has 1 amide bonds. The molecule has 0 aromatic heterocycles. The standard InChI is InChI=1S/C27H55NO6Si2/c1-17-19(28-23(29)33-24(2,3)4)21-22(32-27(11,12)31-21)20(34-36(15,16)26(8,9)10)18-30-35(13,14)25(5,6)7/h17,19-22H,1,18H2,2-16H3,(H,28,29)/t19-,20-,21+,22-/m1/s1. The van der Waals surface area contributed by atoms with Crippen molar-refractivity contribution in [3.05, 3.63) is 12.7 Å². The summed E-state index contributed by atoms with van der Waals surface area (Å²) in [5, 5.41) is 2.97. The second-order valence-corrected chi connectivity index (χ2v) is 24.0. The Bertz CT molecular complexity index is 762. The first kappa shape index (κ1) is 33.3. The highest BCUT2D eigenvalue weighted by atomic mass is 28.4. The summed E-state index contributed by atoms with van der Waals surface area (Å²) in [6, 6.07) is -0.537. The maximum atomic E-state index is 12.6. The van der Waals surface area contributed by atoms with Gasteiger partial charge in [-0.2, -0.15) is 0 Å². The molecule has 1 saturated heterocycles. The lowest BCUT2D eigenvalue weighted by Crippen LogP contribution is -2.56. The minimum atomic E-state index is -2.20. The molecule has 7 nitrogen and oxygen atoms in total. The SMILES string of the molecule is C=C[C@@H](NC(=O)OC(C)(C)C)[C@@H]1OC(C)(C)O[C@@H]1[C@@H](CO[Si](C)(C)C(C)(C)C)O[Si](C)(C)C(C)(C)C. The fourth-order valence-corrected chi connectivity index (χ4v) is 5.69. The normalized spacial score (nSPS) is 23.2. The summed E-state index contributed by atoms with van der Waals surface area (Å²) >= 11 is 0. The molecule has 0 aromatic rings. The predicted octanol–water partition coefficient (Wildman–Crippen LogP) is 7.00. The number of amides is 1. The van der Waals surface area contributed by atoms with Gasteiger partial charge in [-0.25, -0.2) is 4.79 Å². The molecule has 0 radical (unpaired) electrons. The summed E-state index contributed by atoms with van der Waals surface area (Å²) in [6.45, 7) is 35.9. The van der Waals surface area contributed by atoms with Crippen molar-refractivity contribution in [3.63, 3.8) is 0 Å². The average molecular weight is 546 g/mol. The Morgan fingerprint density at radius 2 is 1.42 bits per heavy atom. The molecule has 0 aliphatic carbocycles. The van der Waals surface area contributed by atoms with E-state index in [2.05, 4.69) is 79.6 Å². The van der Waals surface area contributed by atoms with Crippen molar-refractivity contribution in [2.24, 2.45) is 0 Å². The monoisotopic (exact) mass is 545 g/mol. The quantitative estimate of drug-likeness (QED) is 0.248. The van der Waals surface area contributed by atoms with Gasteiger partial charge in [-0.05, 0) is 70.9 Å². The highest BCUT2D eigenvalue weighted by Gasteiger charge is 2.52. The lowest BCUT2D eigenvalue weighted by molar-refractivity contribution is -0.156. The topological polar surface area (TPSA) is 75.3 Å². The molecule has 0 unspecified atom stereocenters. The molecule has 1 rings (SSSR count). The van der Waals surface area contributed by atoms with Gasteiger partial charge in [0.1, 0.15) is 17.8 Å². The minimum absolute atomic E-state index is 0.000692. The largest absolute Gasteiger partial charge is 0.444 e. The number of nitrogens with one attached hydrogen (secondary N) is 1. The van der Waals surface area contributed by atoms with Gasteiger partial charge in [0.05, 0.1) is 18.8 Å². The Balaban J connectivity index is 3.37. The molecule has 0 bridgehead atoms. The zero-order valence-corrected chi connectivity index (χ0v) is 27.8. The first-order valence-electron chi connectivity index (χ1n) is 13.1. The molecule has 1 aliphatic heterocycles. The van der Waals surface area contributed by atoms with E-state index in [4.69, 9.17) is 23.1 Å². The smallest absolute Gasteiger partial charge is 0.408 e. The van der Waals surface area contributed by atoms with Crippen molar-refractivity contribution in [1.82, 2.24) is 5.32 Å². The Labute approximate surface area is 223 Å². The Hall–Kier alpha value is -0.716. The van der Waals surface area contributed by atoms with Crippen LogP contribution in [0.2, 0.25) is 36.3 Å². The lowest BCUT2D eigenvalue weighted by Gasteiger charge is -2.43. The number of carbonyl (C=O) groups excluding carboxylic acids is 1. The third kappa shape index (κ3) is 9.24. The van der Waals surface area contributed by atoms with Crippen molar-refractivity contribution in [1.29, 1.82) is 0 Å². The van der Waals surface area contributed by atoms with Gasteiger partial charge in [0.25, 0.3) is 0 Å². The molecule has 4 atom stereocenters. The van der Waals surface area contributed by atoms with Crippen LogP contribution in [0.4, 0.5) is 4.79 Å². The van der Waals surface area contributed by atoms with Crippen LogP contribution in [0.5, 0.6) is 0 Å². The number of rotatable bonds is 9. The summed E-state index contributed by atoms with van der Waals surface area (Å²) < 4.78 is 31.9.